The van der Waals surface area contributed by atoms with E-state index in [4.69, 9.17) is 0 Å². The molecule has 0 spiro atoms. The zero-order chi connectivity index (χ0) is 16.0. The van der Waals surface area contributed by atoms with Crippen LogP contribution in [0.5, 0.6) is 0 Å². The lowest BCUT2D eigenvalue weighted by atomic mass is 10.1. The van der Waals surface area contributed by atoms with Crippen molar-refractivity contribution < 1.29 is 8.42 Å². The van der Waals surface area contributed by atoms with Crippen LogP contribution in [0.4, 0.5) is 0 Å². The molecule has 1 atom stereocenters. The highest BCUT2D eigenvalue weighted by Gasteiger charge is 2.21. The molecule has 21 heavy (non-hydrogen) atoms. The first-order chi connectivity index (χ1) is 9.77. The summed E-state index contributed by atoms with van der Waals surface area (Å²) in [5.41, 5.74) is 2.73. The third-order valence-corrected chi connectivity index (χ3v) is 5.61. The van der Waals surface area contributed by atoms with Gasteiger partial charge in [-0.25, -0.2) is 13.1 Å². The fourth-order valence-corrected chi connectivity index (χ4v) is 4.58. The van der Waals surface area contributed by atoms with Crippen LogP contribution in [0.3, 0.4) is 0 Å². The Hall–Kier alpha value is -0.870. The summed E-state index contributed by atoms with van der Waals surface area (Å²) in [4.78, 5) is 0.438. The molecule has 0 aliphatic heterocycles. The average Bonchev–Trinajstić information content (AvgIpc) is 2.32. The molecule has 0 radical (unpaired) electrons. The number of hydrogen-bond acceptors (Lipinski definition) is 2. The maximum absolute atomic E-state index is 12.6. The molecule has 1 aromatic carbocycles. The molecule has 0 bridgehead atoms. The van der Waals surface area contributed by atoms with Crippen LogP contribution in [0.1, 0.15) is 62.6 Å². The number of unbranched alkanes of at least 4 members (excludes halogenated alkanes) is 3. The van der Waals surface area contributed by atoms with Crippen molar-refractivity contribution in [3.8, 4) is 0 Å². The van der Waals surface area contributed by atoms with Crippen LogP contribution < -0.4 is 4.72 Å². The predicted octanol–water partition coefficient (Wildman–Crippen LogP) is 4.25. The van der Waals surface area contributed by atoms with Gasteiger partial charge < -0.3 is 0 Å². The first kappa shape index (κ1) is 18.2. The first-order valence-electron chi connectivity index (χ1n) is 7.88. The largest absolute Gasteiger partial charge is 0.241 e. The predicted molar refractivity (Wildman–Crippen MR) is 89.2 cm³/mol. The molecule has 0 heterocycles. The highest BCUT2D eigenvalue weighted by Crippen LogP contribution is 2.22. The molecule has 120 valence electrons. The Morgan fingerprint density at radius 2 is 1.62 bits per heavy atom. The number of sulfonamides is 1. The lowest BCUT2D eigenvalue weighted by Gasteiger charge is -2.17. The number of hydrogen-bond donors (Lipinski definition) is 1. The van der Waals surface area contributed by atoms with Crippen molar-refractivity contribution in [1.29, 1.82) is 0 Å². The Balaban J connectivity index is 2.78. The SMILES string of the molecule is CCCCCCC(C)NS(=O)(=O)c1c(C)cc(C)cc1C. The first-order valence-corrected chi connectivity index (χ1v) is 9.36. The highest BCUT2D eigenvalue weighted by atomic mass is 32.2. The molecule has 0 saturated heterocycles. The van der Waals surface area contributed by atoms with Gasteiger partial charge in [0.25, 0.3) is 0 Å². The molecular weight excluding hydrogens is 282 g/mol. The summed E-state index contributed by atoms with van der Waals surface area (Å²) in [6.07, 6.45) is 5.55. The quantitative estimate of drug-likeness (QED) is 0.730. The number of benzene rings is 1. The van der Waals surface area contributed by atoms with Crippen LogP contribution in [0.2, 0.25) is 0 Å². The third kappa shape index (κ3) is 5.44. The maximum Gasteiger partial charge on any atom is 0.241 e. The van der Waals surface area contributed by atoms with Crippen molar-refractivity contribution in [1.82, 2.24) is 4.72 Å². The summed E-state index contributed by atoms with van der Waals surface area (Å²) in [5.74, 6) is 0. The zero-order valence-electron chi connectivity index (χ0n) is 14.0. The van der Waals surface area contributed by atoms with Gasteiger partial charge in [0.1, 0.15) is 0 Å². The lowest BCUT2D eigenvalue weighted by molar-refractivity contribution is 0.521. The fraction of sp³-hybridized carbons (Fsp3) is 0.647. The number of nitrogens with one attached hydrogen (secondary N) is 1. The van der Waals surface area contributed by atoms with E-state index in [9.17, 15) is 8.42 Å². The second kappa shape index (κ2) is 7.95. The minimum Gasteiger partial charge on any atom is -0.208 e. The van der Waals surface area contributed by atoms with Gasteiger partial charge in [0.15, 0.2) is 0 Å². The van der Waals surface area contributed by atoms with Gasteiger partial charge in [0, 0.05) is 6.04 Å². The minimum atomic E-state index is -3.43. The van der Waals surface area contributed by atoms with Crippen molar-refractivity contribution in [3.05, 3.63) is 28.8 Å². The van der Waals surface area contributed by atoms with E-state index in [-0.39, 0.29) is 6.04 Å². The molecule has 1 unspecified atom stereocenters. The van der Waals surface area contributed by atoms with E-state index in [1.165, 1.54) is 19.3 Å². The summed E-state index contributed by atoms with van der Waals surface area (Å²) in [5, 5.41) is 0. The van der Waals surface area contributed by atoms with Crippen LogP contribution in [0.25, 0.3) is 0 Å². The summed E-state index contributed by atoms with van der Waals surface area (Å²) in [6, 6.07) is 3.83. The van der Waals surface area contributed by atoms with E-state index < -0.39 is 10.0 Å². The second-order valence-corrected chi connectivity index (χ2v) is 7.75. The molecule has 0 fully saturated rings. The van der Waals surface area contributed by atoms with Gasteiger partial charge in [0.05, 0.1) is 4.90 Å². The van der Waals surface area contributed by atoms with Crippen molar-refractivity contribution in [2.75, 3.05) is 0 Å². The molecule has 0 saturated carbocycles. The van der Waals surface area contributed by atoms with E-state index >= 15 is 0 Å². The fourth-order valence-electron chi connectivity index (χ4n) is 2.85. The van der Waals surface area contributed by atoms with Crippen molar-refractivity contribution >= 4 is 10.0 Å². The van der Waals surface area contributed by atoms with Crippen LogP contribution in [-0.2, 0) is 10.0 Å². The van der Waals surface area contributed by atoms with E-state index in [2.05, 4.69) is 11.6 Å². The Morgan fingerprint density at radius 3 is 2.14 bits per heavy atom. The van der Waals surface area contributed by atoms with Gasteiger partial charge in [0.2, 0.25) is 10.0 Å². The Morgan fingerprint density at radius 1 is 1.05 bits per heavy atom. The Labute approximate surface area is 130 Å². The number of aryl methyl sites for hydroxylation is 3. The lowest BCUT2D eigenvalue weighted by Crippen LogP contribution is -2.33. The summed E-state index contributed by atoms with van der Waals surface area (Å²) in [7, 11) is -3.43. The molecule has 1 N–H and O–H groups in total. The summed E-state index contributed by atoms with van der Waals surface area (Å²) < 4.78 is 28.0. The molecule has 1 rings (SSSR count). The van der Waals surface area contributed by atoms with Crippen molar-refractivity contribution in [3.63, 3.8) is 0 Å². The zero-order valence-corrected chi connectivity index (χ0v) is 14.8. The van der Waals surface area contributed by atoms with Crippen LogP contribution >= 0.6 is 0 Å². The Bertz CT molecular complexity index is 541. The van der Waals surface area contributed by atoms with E-state index in [0.717, 1.165) is 29.5 Å². The number of rotatable bonds is 8. The van der Waals surface area contributed by atoms with E-state index in [1.807, 2.05) is 39.8 Å². The van der Waals surface area contributed by atoms with Crippen molar-refractivity contribution in [2.45, 2.75) is 77.7 Å². The van der Waals surface area contributed by atoms with Crippen LogP contribution in [-0.4, -0.2) is 14.5 Å². The van der Waals surface area contributed by atoms with Crippen LogP contribution in [0, 0.1) is 20.8 Å². The molecule has 1 aromatic rings. The maximum atomic E-state index is 12.6. The molecule has 3 nitrogen and oxygen atoms in total. The van der Waals surface area contributed by atoms with Gasteiger partial charge in [-0.2, -0.15) is 0 Å². The molecule has 0 aliphatic rings. The highest BCUT2D eigenvalue weighted by molar-refractivity contribution is 7.89. The molecule has 4 heteroatoms. The smallest absolute Gasteiger partial charge is 0.208 e. The molecule has 0 aliphatic carbocycles. The van der Waals surface area contributed by atoms with E-state index in [0.29, 0.717) is 4.90 Å². The summed E-state index contributed by atoms with van der Waals surface area (Å²) >= 11 is 0. The normalized spacial score (nSPS) is 13.4. The van der Waals surface area contributed by atoms with E-state index in [1.54, 1.807) is 0 Å². The van der Waals surface area contributed by atoms with Gasteiger partial charge in [-0.15, -0.1) is 0 Å². The third-order valence-electron chi connectivity index (χ3n) is 3.72. The monoisotopic (exact) mass is 311 g/mol. The van der Waals surface area contributed by atoms with Crippen molar-refractivity contribution in [2.24, 2.45) is 0 Å². The van der Waals surface area contributed by atoms with Gasteiger partial charge in [-0.05, 0) is 45.2 Å². The molecule has 0 aromatic heterocycles. The van der Waals surface area contributed by atoms with Gasteiger partial charge in [-0.1, -0.05) is 50.3 Å². The summed E-state index contributed by atoms with van der Waals surface area (Å²) in [6.45, 7) is 9.83. The topological polar surface area (TPSA) is 46.2 Å². The van der Waals surface area contributed by atoms with Gasteiger partial charge >= 0.3 is 0 Å². The second-order valence-electron chi connectivity index (χ2n) is 6.10. The Kier molecular flexibility index (Phi) is 6.88. The minimum absolute atomic E-state index is 0.0213. The average molecular weight is 311 g/mol. The standard InChI is InChI=1S/C17H29NO2S/c1-6-7-8-9-10-16(5)18-21(19,20)17-14(3)11-13(2)12-15(17)4/h11-12,16,18H,6-10H2,1-5H3. The molecular formula is C17H29NO2S. The van der Waals surface area contributed by atoms with Crippen LogP contribution in [0.15, 0.2) is 17.0 Å². The molecule has 0 amide bonds. The van der Waals surface area contributed by atoms with Gasteiger partial charge in [-0.3, -0.25) is 0 Å².